The Bertz CT molecular complexity index is 586. The number of benzene rings is 1. The third-order valence-electron chi connectivity index (χ3n) is 4.70. The molecule has 1 saturated heterocycles. The monoisotopic (exact) mass is 538 g/mol. The van der Waals surface area contributed by atoms with E-state index in [1.165, 1.54) is 12.1 Å². The molecule has 0 radical (unpaired) electrons. The largest absolute Gasteiger partial charge is 0.382 e. The van der Waals surface area contributed by atoms with Crippen molar-refractivity contribution < 1.29 is 18.6 Å². The quantitative estimate of drug-likeness (QED) is 0.185. The molecule has 2 rings (SSSR count). The molecule has 30 heavy (non-hydrogen) atoms. The van der Waals surface area contributed by atoms with Crippen molar-refractivity contribution in [2.45, 2.75) is 19.4 Å². The molecule has 172 valence electrons. The summed E-state index contributed by atoms with van der Waals surface area (Å²) in [6.45, 7) is 9.23. The molecule has 1 atom stereocenters. The number of guanidine groups is 1. The van der Waals surface area contributed by atoms with Crippen molar-refractivity contribution in [3.05, 3.63) is 35.6 Å². The van der Waals surface area contributed by atoms with Gasteiger partial charge < -0.3 is 24.8 Å². The molecule has 2 N–H and O–H groups in total. The highest BCUT2D eigenvalue weighted by Crippen LogP contribution is 2.22. The smallest absolute Gasteiger partial charge is 0.191 e. The van der Waals surface area contributed by atoms with Crippen LogP contribution in [0.25, 0.3) is 0 Å². The summed E-state index contributed by atoms with van der Waals surface area (Å²) in [4.78, 5) is 7.15. The van der Waals surface area contributed by atoms with Gasteiger partial charge in [-0.15, -0.1) is 24.0 Å². The van der Waals surface area contributed by atoms with Crippen LogP contribution < -0.4 is 10.6 Å². The molecular weight excluding hydrogens is 502 g/mol. The molecular formula is C21H36FIN4O3. The Kier molecular flexibility index (Phi) is 15.0. The van der Waals surface area contributed by atoms with E-state index in [1.807, 2.05) is 19.1 Å². The van der Waals surface area contributed by atoms with Gasteiger partial charge in [-0.2, -0.15) is 0 Å². The first-order valence-electron chi connectivity index (χ1n) is 10.4. The van der Waals surface area contributed by atoms with Crippen LogP contribution in [0.1, 0.15) is 24.9 Å². The van der Waals surface area contributed by atoms with Gasteiger partial charge in [0.25, 0.3) is 0 Å². The number of methoxy groups -OCH3 is 1. The zero-order valence-corrected chi connectivity index (χ0v) is 20.4. The topological polar surface area (TPSA) is 67.4 Å². The summed E-state index contributed by atoms with van der Waals surface area (Å²) in [5, 5.41) is 6.64. The lowest BCUT2D eigenvalue weighted by atomic mass is 10.0. The molecule has 1 aromatic carbocycles. The maximum absolute atomic E-state index is 13.4. The number of nitrogens with zero attached hydrogens (tertiary/aromatic N) is 2. The first-order chi connectivity index (χ1) is 14.2. The molecule has 7 nitrogen and oxygen atoms in total. The van der Waals surface area contributed by atoms with Crippen LogP contribution in [0.5, 0.6) is 0 Å². The number of rotatable bonds is 12. The van der Waals surface area contributed by atoms with E-state index < -0.39 is 0 Å². The predicted octanol–water partition coefficient (Wildman–Crippen LogP) is 2.43. The Hall–Kier alpha value is -1.01. The van der Waals surface area contributed by atoms with Gasteiger partial charge in [0.1, 0.15) is 5.82 Å². The average Bonchev–Trinajstić information content (AvgIpc) is 2.75. The minimum Gasteiger partial charge on any atom is -0.382 e. The summed E-state index contributed by atoms with van der Waals surface area (Å²) >= 11 is 0. The normalized spacial score (nSPS) is 16.0. The first kappa shape index (κ1) is 27.0. The SMILES string of the molecule is CCNC(=NCC(c1ccc(F)cc1)N1CCOCC1)NCCCOCCOC.I. The summed E-state index contributed by atoms with van der Waals surface area (Å²) in [6.07, 6.45) is 0.888. The third-order valence-corrected chi connectivity index (χ3v) is 4.70. The van der Waals surface area contributed by atoms with Gasteiger partial charge in [0.05, 0.1) is 39.0 Å². The highest BCUT2D eigenvalue weighted by molar-refractivity contribution is 14.0. The molecule has 1 aromatic rings. The van der Waals surface area contributed by atoms with Crippen LogP contribution >= 0.6 is 24.0 Å². The minimum absolute atomic E-state index is 0. The molecule has 0 saturated carbocycles. The van der Waals surface area contributed by atoms with Gasteiger partial charge in [-0.25, -0.2) is 4.39 Å². The fourth-order valence-corrected chi connectivity index (χ4v) is 3.15. The Balaban J connectivity index is 0.00000450. The fourth-order valence-electron chi connectivity index (χ4n) is 3.15. The lowest BCUT2D eigenvalue weighted by molar-refractivity contribution is 0.0179. The molecule has 0 bridgehead atoms. The molecule has 0 spiro atoms. The van der Waals surface area contributed by atoms with Gasteiger partial charge >= 0.3 is 0 Å². The Morgan fingerprint density at radius 1 is 1.17 bits per heavy atom. The second kappa shape index (κ2) is 16.7. The van der Waals surface area contributed by atoms with Crippen molar-refractivity contribution in [3.8, 4) is 0 Å². The zero-order valence-electron chi connectivity index (χ0n) is 18.1. The number of nitrogens with one attached hydrogen (secondary N) is 2. The maximum atomic E-state index is 13.4. The van der Waals surface area contributed by atoms with Crippen LogP contribution in [0.2, 0.25) is 0 Å². The van der Waals surface area contributed by atoms with Crippen LogP contribution in [0, 0.1) is 5.82 Å². The molecule has 1 aliphatic heterocycles. The third kappa shape index (κ3) is 10.3. The van der Waals surface area contributed by atoms with Gasteiger partial charge in [0.2, 0.25) is 0 Å². The van der Waals surface area contributed by atoms with E-state index in [1.54, 1.807) is 7.11 Å². The van der Waals surface area contributed by atoms with Crippen LogP contribution in [0.15, 0.2) is 29.3 Å². The lowest BCUT2D eigenvalue weighted by Gasteiger charge is -2.34. The predicted molar refractivity (Wildman–Crippen MR) is 128 cm³/mol. The van der Waals surface area contributed by atoms with E-state index in [9.17, 15) is 4.39 Å². The maximum Gasteiger partial charge on any atom is 0.191 e. The zero-order chi connectivity index (χ0) is 20.7. The van der Waals surface area contributed by atoms with E-state index >= 15 is 0 Å². The molecule has 1 aliphatic rings. The van der Waals surface area contributed by atoms with E-state index in [0.717, 1.165) is 44.1 Å². The summed E-state index contributed by atoms with van der Waals surface area (Å²) in [5.74, 6) is 0.561. The first-order valence-corrected chi connectivity index (χ1v) is 10.4. The molecule has 1 heterocycles. The number of halogens is 2. The van der Waals surface area contributed by atoms with Crippen LogP contribution in [0.3, 0.4) is 0 Å². The molecule has 0 aromatic heterocycles. The molecule has 0 aliphatic carbocycles. The molecule has 9 heteroatoms. The lowest BCUT2D eigenvalue weighted by Crippen LogP contribution is -2.42. The second-order valence-corrected chi connectivity index (χ2v) is 6.82. The van der Waals surface area contributed by atoms with Crippen molar-refractivity contribution in [1.82, 2.24) is 15.5 Å². The summed E-state index contributed by atoms with van der Waals surface area (Å²) < 4.78 is 29.3. The Morgan fingerprint density at radius 3 is 2.57 bits per heavy atom. The minimum atomic E-state index is -0.222. The summed E-state index contributed by atoms with van der Waals surface area (Å²) in [5.41, 5.74) is 1.07. The highest BCUT2D eigenvalue weighted by atomic mass is 127. The molecule has 1 unspecified atom stereocenters. The van der Waals surface area contributed by atoms with Crippen LogP contribution in [-0.4, -0.2) is 83.7 Å². The van der Waals surface area contributed by atoms with Crippen molar-refractivity contribution in [2.75, 3.05) is 72.9 Å². The van der Waals surface area contributed by atoms with E-state index in [4.69, 9.17) is 19.2 Å². The van der Waals surface area contributed by atoms with Gasteiger partial charge in [0.15, 0.2) is 5.96 Å². The summed E-state index contributed by atoms with van der Waals surface area (Å²) in [7, 11) is 1.67. The van der Waals surface area contributed by atoms with E-state index in [2.05, 4.69) is 15.5 Å². The van der Waals surface area contributed by atoms with Gasteiger partial charge in [-0.3, -0.25) is 9.89 Å². The summed E-state index contributed by atoms with van der Waals surface area (Å²) in [6, 6.07) is 6.82. The molecule has 0 amide bonds. The van der Waals surface area contributed by atoms with Crippen molar-refractivity contribution >= 4 is 29.9 Å². The Morgan fingerprint density at radius 2 is 1.90 bits per heavy atom. The highest BCUT2D eigenvalue weighted by Gasteiger charge is 2.22. The van der Waals surface area contributed by atoms with Crippen molar-refractivity contribution in [1.29, 1.82) is 0 Å². The number of aliphatic imine (C=N–C) groups is 1. The number of hydrogen-bond donors (Lipinski definition) is 2. The van der Waals surface area contributed by atoms with E-state index in [0.29, 0.717) is 39.6 Å². The van der Waals surface area contributed by atoms with Gasteiger partial charge in [-0.1, -0.05) is 12.1 Å². The number of morpholine rings is 1. The van der Waals surface area contributed by atoms with Crippen LogP contribution in [-0.2, 0) is 14.2 Å². The number of ether oxygens (including phenoxy) is 3. The second-order valence-electron chi connectivity index (χ2n) is 6.82. The van der Waals surface area contributed by atoms with Gasteiger partial charge in [0, 0.05) is 39.9 Å². The molecule has 1 fully saturated rings. The standard InChI is InChI=1S/C21H35FN4O3.HI/c1-3-23-21(24-9-4-12-28-16-15-27-2)25-17-20(26-10-13-29-14-11-26)18-5-7-19(22)8-6-18;/h5-8,20H,3-4,9-17H2,1-2H3,(H2,23,24,25);1H. The number of hydrogen-bond acceptors (Lipinski definition) is 5. The van der Waals surface area contributed by atoms with Gasteiger partial charge in [-0.05, 0) is 31.0 Å². The average molecular weight is 538 g/mol. The van der Waals surface area contributed by atoms with Crippen LogP contribution in [0.4, 0.5) is 4.39 Å². The van der Waals surface area contributed by atoms with E-state index in [-0.39, 0.29) is 35.8 Å². The Labute approximate surface area is 196 Å². The van der Waals surface area contributed by atoms with Crippen molar-refractivity contribution in [2.24, 2.45) is 4.99 Å². The van der Waals surface area contributed by atoms with Crippen molar-refractivity contribution in [3.63, 3.8) is 0 Å². The fraction of sp³-hybridized carbons (Fsp3) is 0.667.